The molecule has 7 heteroatoms. The molecule has 4 heterocycles. The molecule has 0 aliphatic carbocycles. The Hall–Kier alpha value is -2.15. The van der Waals surface area contributed by atoms with Crippen LogP contribution in [0.15, 0.2) is 18.6 Å². The van der Waals surface area contributed by atoms with E-state index in [1.165, 1.54) is 24.1 Å². The Labute approximate surface area is 162 Å². The summed E-state index contributed by atoms with van der Waals surface area (Å²) in [6, 6.07) is 0. The molecule has 2 aliphatic rings. The highest BCUT2D eigenvalue weighted by Crippen LogP contribution is 2.29. The number of nitrogens with zero attached hydrogens (tertiary/aromatic N) is 7. The van der Waals surface area contributed by atoms with Crippen molar-refractivity contribution >= 4 is 11.6 Å². The zero-order chi connectivity index (χ0) is 18.8. The van der Waals surface area contributed by atoms with Crippen LogP contribution in [0.5, 0.6) is 0 Å². The lowest BCUT2D eigenvalue weighted by molar-refractivity contribution is 0.248. The van der Waals surface area contributed by atoms with E-state index in [4.69, 9.17) is 9.97 Å². The average molecular weight is 370 g/mol. The SMILES string of the molecule is Cc1c(CN2CCN(c3nccnc3N3CCC(C)CC3)CC2)cnn1C. The van der Waals surface area contributed by atoms with Crippen molar-refractivity contribution < 1.29 is 0 Å². The van der Waals surface area contributed by atoms with Crippen LogP contribution >= 0.6 is 0 Å². The van der Waals surface area contributed by atoms with E-state index in [-0.39, 0.29) is 0 Å². The van der Waals surface area contributed by atoms with Gasteiger partial charge in [-0.05, 0) is 25.7 Å². The molecule has 4 rings (SSSR count). The van der Waals surface area contributed by atoms with E-state index in [9.17, 15) is 0 Å². The largest absolute Gasteiger partial charge is 0.354 e. The maximum atomic E-state index is 4.71. The smallest absolute Gasteiger partial charge is 0.172 e. The summed E-state index contributed by atoms with van der Waals surface area (Å²) in [7, 11) is 2.01. The molecular formula is C20H31N7. The summed E-state index contributed by atoms with van der Waals surface area (Å²) in [6.07, 6.45) is 8.15. The molecule has 0 saturated carbocycles. The van der Waals surface area contributed by atoms with Gasteiger partial charge in [-0.3, -0.25) is 9.58 Å². The molecule has 0 amide bonds. The second-order valence-electron chi connectivity index (χ2n) is 8.02. The maximum Gasteiger partial charge on any atom is 0.172 e. The summed E-state index contributed by atoms with van der Waals surface area (Å²) >= 11 is 0. The first-order valence-electron chi connectivity index (χ1n) is 10.1. The molecule has 0 aromatic carbocycles. The Bertz CT molecular complexity index is 755. The number of rotatable bonds is 4. The van der Waals surface area contributed by atoms with Gasteiger partial charge in [-0.2, -0.15) is 5.10 Å². The van der Waals surface area contributed by atoms with Crippen molar-refractivity contribution in [2.45, 2.75) is 33.2 Å². The van der Waals surface area contributed by atoms with Gasteiger partial charge in [-0.25, -0.2) is 9.97 Å². The molecule has 0 bridgehead atoms. The van der Waals surface area contributed by atoms with E-state index < -0.39 is 0 Å². The van der Waals surface area contributed by atoms with Gasteiger partial charge in [0.05, 0.1) is 6.20 Å². The van der Waals surface area contributed by atoms with Crippen LogP contribution in [0.2, 0.25) is 0 Å². The molecule has 2 fully saturated rings. The van der Waals surface area contributed by atoms with Gasteiger partial charge in [0.1, 0.15) is 0 Å². The molecule has 0 radical (unpaired) electrons. The first-order valence-corrected chi connectivity index (χ1v) is 10.1. The number of anilines is 2. The summed E-state index contributed by atoms with van der Waals surface area (Å²) in [5.74, 6) is 2.95. The zero-order valence-electron chi connectivity index (χ0n) is 16.8. The summed E-state index contributed by atoms with van der Waals surface area (Å²) < 4.78 is 1.96. The third kappa shape index (κ3) is 3.93. The van der Waals surface area contributed by atoms with E-state index >= 15 is 0 Å². The van der Waals surface area contributed by atoms with Crippen molar-refractivity contribution in [1.29, 1.82) is 0 Å². The minimum atomic E-state index is 0.820. The monoisotopic (exact) mass is 369 g/mol. The van der Waals surface area contributed by atoms with Gasteiger partial charge in [0.2, 0.25) is 0 Å². The van der Waals surface area contributed by atoms with Gasteiger partial charge < -0.3 is 9.80 Å². The van der Waals surface area contributed by atoms with Crippen LogP contribution in [-0.2, 0) is 13.6 Å². The minimum absolute atomic E-state index is 0.820. The third-order valence-corrected chi connectivity index (χ3v) is 6.15. The van der Waals surface area contributed by atoms with Gasteiger partial charge in [-0.1, -0.05) is 6.92 Å². The molecule has 146 valence electrons. The highest BCUT2D eigenvalue weighted by molar-refractivity contribution is 5.62. The van der Waals surface area contributed by atoms with Crippen LogP contribution in [0.1, 0.15) is 31.0 Å². The Kier molecular flexibility index (Phi) is 5.29. The lowest BCUT2D eigenvalue weighted by Crippen LogP contribution is -2.47. The normalized spacial score (nSPS) is 19.7. The summed E-state index contributed by atoms with van der Waals surface area (Å²) in [5.41, 5.74) is 2.58. The molecule has 7 nitrogen and oxygen atoms in total. The number of piperidine rings is 1. The molecule has 0 spiro atoms. The van der Waals surface area contributed by atoms with Gasteiger partial charge in [0.25, 0.3) is 0 Å². The summed E-state index contributed by atoms with van der Waals surface area (Å²) in [6.45, 7) is 11.7. The Morgan fingerprint density at radius 1 is 0.926 bits per heavy atom. The molecule has 2 aromatic rings. The van der Waals surface area contributed by atoms with Crippen LogP contribution in [0, 0.1) is 12.8 Å². The average Bonchev–Trinajstić information content (AvgIpc) is 3.01. The molecule has 0 N–H and O–H groups in total. The second-order valence-corrected chi connectivity index (χ2v) is 8.02. The Morgan fingerprint density at radius 3 is 2.07 bits per heavy atom. The van der Waals surface area contributed by atoms with E-state index in [2.05, 4.69) is 33.6 Å². The highest BCUT2D eigenvalue weighted by atomic mass is 15.3. The van der Waals surface area contributed by atoms with Gasteiger partial charge in [0.15, 0.2) is 11.6 Å². The van der Waals surface area contributed by atoms with Crippen molar-refractivity contribution in [2.24, 2.45) is 13.0 Å². The molecule has 2 saturated heterocycles. The lowest BCUT2D eigenvalue weighted by Gasteiger charge is -2.38. The van der Waals surface area contributed by atoms with Crippen LogP contribution in [0.3, 0.4) is 0 Å². The van der Waals surface area contributed by atoms with Crippen LogP contribution in [0.4, 0.5) is 11.6 Å². The van der Waals surface area contributed by atoms with Crippen molar-refractivity contribution in [3.05, 3.63) is 29.8 Å². The first kappa shape index (κ1) is 18.2. The molecule has 0 unspecified atom stereocenters. The lowest BCUT2D eigenvalue weighted by atomic mass is 9.99. The molecule has 0 atom stereocenters. The van der Waals surface area contributed by atoms with Gasteiger partial charge in [-0.15, -0.1) is 0 Å². The maximum absolute atomic E-state index is 4.71. The molecule has 2 aromatic heterocycles. The van der Waals surface area contributed by atoms with E-state index in [1.54, 1.807) is 0 Å². The van der Waals surface area contributed by atoms with E-state index in [0.717, 1.165) is 63.4 Å². The van der Waals surface area contributed by atoms with E-state index in [0.29, 0.717) is 0 Å². The fraction of sp³-hybridized carbons (Fsp3) is 0.650. The topological polar surface area (TPSA) is 53.3 Å². The van der Waals surface area contributed by atoms with Crippen LogP contribution in [0.25, 0.3) is 0 Å². The predicted molar refractivity (Wildman–Crippen MR) is 108 cm³/mol. The quantitative estimate of drug-likeness (QED) is 0.822. The Morgan fingerprint density at radius 2 is 1.52 bits per heavy atom. The molecule has 2 aliphatic heterocycles. The van der Waals surface area contributed by atoms with Crippen molar-refractivity contribution in [2.75, 3.05) is 49.1 Å². The summed E-state index contributed by atoms with van der Waals surface area (Å²) in [4.78, 5) is 16.8. The first-order chi connectivity index (χ1) is 13.1. The fourth-order valence-electron chi connectivity index (χ4n) is 4.05. The number of hydrogen-bond donors (Lipinski definition) is 0. The number of aryl methyl sites for hydroxylation is 1. The van der Waals surface area contributed by atoms with E-state index in [1.807, 2.05) is 30.3 Å². The number of aromatic nitrogens is 4. The molecule has 27 heavy (non-hydrogen) atoms. The highest BCUT2D eigenvalue weighted by Gasteiger charge is 2.25. The molecular weight excluding hydrogens is 338 g/mol. The van der Waals surface area contributed by atoms with Crippen molar-refractivity contribution in [1.82, 2.24) is 24.6 Å². The van der Waals surface area contributed by atoms with Crippen LogP contribution < -0.4 is 9.80 Å². The number of hydrogen-bond acceptors (Lipinski definition) is 6. The minimum Gasteiger partial charge on any atom is -0.354 e. The van der Waals surface area contributed by atoms with Crippen molar-refractivity contribution in [3.8, 4) is 0 Å². The fourth-order valence-corrected chi connectivity index (χ4v) is 4.05. The second kappa shape index (κ2) is 7.84. The van der Waals surface area contributed by atoms with Gasteiger partial charge in [0, 0.05) is 76.5 Å². The standard InChI is InChI=1S/C20H31N7/c1-16-4-8-26(9-5-16)19-20(22-7-6-21-19)27-12-10-25(11-13-27)15-18-14-23-24(3)17(18)2/h6-7,14,16H,4-5,8-13,15H2,1-3H3. The zero-order valence-corrected chi connectivity index (χ0v) is 16.8. The predicted octanol–water partition coefficient (Wildman–Crippen LogP) is 2.08. The third-order valence-electron chi connectivity index (χ3n) is 6.15. The summed E-state index contributed by atoms with van der Waals surface area (Å²) in [5, 5.41) is 4.37. The van der Waals surface area contributed by atoms with Crippen molar-refractivity contribution in [3.63, 3.8) is 0 Å². The van der Waals surface area contributed by atoms with Gasteiger partial charge >= 0.3 is 0 Å². The Balaban J connectivity index is 1.40. The number of piperazine rings is 1. The van der Waals surface area contributed by atoms with Crippen LogP contribution in [-0.4, -0.2) is 63.9 Å².